The van der Waals surface area contributed by atoms with Crippen LogP contribution in [0.1, 0.15) is 96.8 Å². The highest BCUT2D eigenvalue weighted by molar-refractivity contribution is 7.51. The average molecular weight is 391 g/mol. The molecule has 0 aliphatic rings. The highest BCUT2D eigenvalue weighted by Gasteiger charge is 2.12. The second kappa shape index (κ2) is 17.8. The van der Waals surface area contributed by atoms with Crippen molar-refractivity contribution in [1.82, 2.24) is 0 Å². The molecule has 0 heterocycles. The maximum Gasteiger partial charge on any atom is 0.330 e. The molecule has 0 rings (SSSR count). The summed E-state index contributed by atoms with van der Waals surface area (Å²) >= 11 is 0. The Kier molecular flexibility index (Phi) is 17.3. The molecule has 0 saturated heterocycles. The average Bonchev–Trinajstić information content (AvgIpc) is 2.57. The van der Waals surface area contributed by atoms with Crippen molar-refractivity contribution < 1.29 is 23.9 Å². The van der Waals surface area contributed by atoms with Gasteiger partial charge < -0.3 is 14.5 Å². The van der Waals surface area contributed by atoms with Crippen molar-refractivity contribution in [3.05, 3.63) is 12.2 Å². The Morgan fingerprint density at radius 3 is 1.77 bits per heavy atom. The Labute approximate surface area is 159 Å². The molecule has 0 aliphatic carbocycles. The van der Waals surface area contributed by atoms with Crippen LogP contribution in [0.3, 0.4) is 0 Å². The van der Waals surface area contributed by atoms with Gasteiger partial charge in [0, 0.05) is 6.08 Å². The lowest BCUT2D eigenvalue weighted by Crippen LogP contribution is -2.06. The van der Waals surface area contributed by atoms with Crippen LogP contribution in [0.4, 0.5) is 0 Å². The van der Waals surface area contributed by atoms with Crippen LogP contribution in [0.5, 0.6) is 0 Å². The lowest BCUT2D eigenvalue weighted by atomic mass is 10.0. The standard InChI is InChI=1S/C20H39O5P/c1-2-3-4-5-6-7-8-9-10-11-12-13-14-15-16-17-20(21)25-18-19-26(22,23)24/h16-17H,2-15,18-19H2,1H3,(H2,22,23,24)/b17-16+. The van der Waals surface area contributed by atoms with E-state index in [1.807, 2.05) is 0 Å². The molecule has 0 aliphatic heterocycles. The molecule has 0 radical (unpaired) electrons. The van der Waals surface area contributed by atoms with Gasteiger partial charge in [0.2, 0.25) is 0 Å². The van der Waals surface area contributed by atoms with E-state index in [-0.39, 0.29) is 6.61 Å². The fraction of sp³-hybridized carbons (Fsp3) is 0.850. The number of ether oxygens (including phenoxy) is 1. The van der Waals surface area contributed by atoms with E-state index in [9.17, 15) is 9.36 Å². The van der Waals surface area contributed by atoms with Crippen molar-refractivity contribution >= 4 is 13.6 Å². The second-order valence-electron chi connectivity index (χ2n) is 6.99. The van der Waals surface area contributed by atoms with Crippen molar-refractivity contribution in [2.24, 2.45) is 0 Å². The number of esters is 1. The molecule has 0 atom stereocenters. The summed E-state index contributed by atoms with van der Waals surface area (Å²) in [6.07, 6.45) is 20.7. The van der Waals surface area contributed by atoms with Gasteiger partial charge in [-0.25, -0.2) is 4.79 Å². The summed E-state index contributed by atoms with van der Waals surface area (Å²) < 4.78 is 15.3. The number of hydrogen-bond donors (Lipinski definition) is 2. The molecule has 0 aromatic heterocycles. The molecule has 0 spiro atoms. The van der Waals surface area contributed by atoms with E-state index in [4.69, 9.17) is 14.5 Å². The van der Waals surface area contributed by atoms with Crippen LogP contribution >= 0.6 is 7.60 Å². The van der Waals surface area contributed by atoms with E-state index in [2.05, 4.69) is 6.92 Å². The van der Waals surface area contributed by atoms with Crippen LogP contribution in [-0.4, -0.2) is 28.5 Å². The van der Waals surface area contributed by atoms with Gasteiger partial charge in [0.15, 0.2) is 0 Å². The van der Waals surface area contributed by atoms with E-state index in [0.29, 0.717) is 0 Å². The van der Waals surface area contributed by atoms with Crippen molar-refractivity contribution in [1.29, 1.82) is 0 Å². The zero-order valence-electron chi connectivity index (χ0n) is 16.5. The first-order valence-corrected chi connectivity index (χ1v) is 12.1. The summed E-state index contributed by atoms with van der Waals surface area (Å²) in [6, 6.07) is 0. The number of rotatable bonds is 18. The molecule has 26 heavy (non-hydrogen) atoms. The van der Waals surface area contributed by atoms with Crippen LogP contribution < -0.4 is 0 Å². The van der Waals surface area contributed by atoms with Gasteiger partial charge in [0.1, 0.15) is 6.61 Å². The quantitative estimate of drug-likeness (QED) is 0.135. The van der Waals surface area contributed by atoms with Gasteiger partial charge in [0.05, 0.1) is 6.16 Å². The van der Waals surface area contributed by atoms with Crippen LogP contribution in [0, 0.1) is 0 Å². The molecule has 0 bridgehead atoms. The largest absolute Gasteiger partial charge is 0.462 e. The van der Waals surface area contributed by atoms with Gasteiger partial charge in [-0.1, -0.05) is 90.0 Å². The SMILES string of the molecule is CCCCCCCCCCCCCCC/C=C/C(=O)OCCP(=O)(O)O. The Morgan fingerprint density at radius 1 is 0.846 bits per heavy atom. The summed E-state index contributed by atoms with van der Waals surface area (Å²) in [5.41, 5.74) is 0. The molecule has 0 unspecified atom stereocenters. The molecule has 5 nitrogen and oxygen atoms in total. The van der Waals surface area contributed by atoms with E-state index in [0.717, 1.165) is 12.8 Å². The third-order valence-corrected chi connectivity index (χ3v) is 5.12. The molecule has 6 heteroatoms. The van der Waals surface area contributed by atoms with E-state index < -0.39 is 19.7 Å². The van der Waals surface area contributed by atoms with Crippen molar-refractivity contribution in [3.8, 4) is 0 Å². The molecule has 0 aromatic rings. The first-order valence-electron chi connectivity index (χ1n) is 10.3. The normalized spacial score (nSPS) is 12.0. The number of allylic oxidation sites excluding steroid dienone is 1. The van der Waals surface area contributed by atoms with Crippen molar-refractivity contribution in [2.75, 3.05) is 12.8 Å². The van der Waals surface area contributed by atoms with Crippen LogP contribution in [0.15, 0.2) is 12.2 Å². The van der Waals surface area contributed by atoms with E-state index in [1.165, 1.54) is 83.1 Å². The van der Waals surface area contributed by atoms with E-state index >= 15 is 0 Å². The Bertz CT molecular complexity index is 403. The number of carbonyl (C=O) groups excluding carboxylic acids is 1. The molecular formula is C20H39O5P. The maximum absolute atomic E-state index is 11.3. The summed E-state index contributed by atoms with van der Waals surface area (Å²) in [5.74, 6) is -0.534. The van der Waals surface area contributed by atoms with Crippen LogP contribution in [-0.2, 0) is 14.1 Å². The van der Waals surface area contributed by atoms with Gasteiger partial charge in [-0.15, -0.1) is 0 Å². The lowest BCUT2D eigenvalue weighted by molar-refractivity contribution is -0.137. The molecule has 0 amide bonds. The lowest BCUT2D eigenvalue weighted by Gasteiger charge is -2.03. The van der Waals surface area contributed by atoms with Crippen molar-refractivity contribution in [2.45, 2.75) is 96.8 Å². The number of carbonyl (C=O) groups is 1. The molecule has 2 N–H and O–H groups in total. The Morgan fingerprint density at radius 2 is 1.31 bits per heavy atom. The van der Waals surface area contributed by atoms with Crippen molar-refractivity contribution in [3.63, 3.8) is 0 Å². The number of hydrogen-bond acceptors (Lipinski definition) is 3. The molecule has 0 aromatic carbocycles. The molecule has 0 saturated carbocycles. The summed E-state index contributed by atoms with van der Waals surface area (Å²) in [4.78, 5) is 28.6. The van der Waals surface area contributed by atoms with E-state index in [1.54, 1.807) is 6.08 Å². The third-order valence-electron chi connectivity index (χ3n) is 4.36. The molecule has 154 valence electrons. The van der Waals surface area contributed by atoms with Crippen LogP contribution in [0.25, 0.3) is 0 Å². The fourth-order valence-corrected chi connectivity index (χ4v) is 3.10. The Balaban J connectivity index is 3.27. The summed E-state index contributed by atoms with van der Waals surface area (Å²) in [6.45, 7) is 2.01. The first kappa shape index (κ1) is 25.4. The third kappa shape index (κ3) is 21.4. The van der Waals surface area contributed by atoms with Gasteiger partial charge in [0.25, 0.3) is 0 Å². The summed E-state index contributed by atoms with van der Waals surface area (Å²) in [5, 5.41) is 0. The number of unbranched alkanes of at least 4 members (excludes halogenated alkanes) is 13. The predicted molar refractivity (Wildman–Crippen MR) is 107 cm³/mol. The van der Waals surface area contributed by atoms with Gasteiger partial charge in [-0.2, -0.15) is 0 Å². The van der Waals surface area contributed by atoms with Crippen LogP contribution in [0.2, 0.25) is 0 Å². The smallest absolute Gasteiger partial charge is 0.330 e. The second-order valence-corrected chi connectivity index (χ2v) is 8.77. The monoisotopic (exact) mass is 390 g/mol. The zero-order valence-corrected chi connectivity index (χ0v) is 17.4. The predicted octanol–water partition coefficient (Wildman–Crippen LogP) is 5.74. The minimum Gasteiger partial charge on any atom is -0.462 e. The highest BCUT2D eigenvalue weighted by atomic mass is 31.2. The van der Waals surface area contributed by atoms with Gasteiger partial charge in [-0.05, 0) is 12.8 Å². The van der Waals surface area contributed by atoms with Gasteiger partial charge >= 0.3 is 13.6 Å². The molecule has 0 fully saturated rings. The first-order chi connectivity index (χ1) is 12.5. The van der Waals surface area contributed by atoms with Gasteiger partial charge in [-0.3, -0.25) is 4.57 Å². The minimum absolute atomic E-state index is 0.244. The summed E-state index contributed by atoms with van der Waals surface area (Å²) in [7, 11) is -4.09. The minimum atomic E-state index is -4.09. The molecular weight excluding hydrogens is 351 g/mol. The zero-order chi connectivity index (χ0) is 19.5. The highest BCUT2D eigenvalue weighted by Crippen LogP contribution is 2.33. The Hall–Kier alpha value is -0.640. The maximum atomic E-state index is 11.3. The fourth-order valence-electron chi connectivity index (χ4n) is 2.77. The topological polar surface area (TPSA) is 83.8 Å².